The van der Waals surface area contributed by atoms with E-state index in [1.54, 1.807) is 12.4 Å². The molecular formula is C11H18ClN3. The zero-order chi connectivity index (χ0) is 11.3. The van der Waals surface area contributed by atoms with Crippen molar-refractivity contribution in [3.63, 3.8) is 0 Å². The lowest BCUT2D eigenvalue weighted by Gasteiger charge is -2.29. The highest BCUT2D eigenvalue weighted by molar-refractivity contribution is 6.17. The molecule has 0 aliphatic rings. The number of alkyl halides is 1. The molecule has 0 saturated carbocycles. The Morgan fingerprint density at radius 3 is 2.60 bits per heavy atom. The van der Waals surface area contributed by atoms with Gasteiger partial charge in [-0.25, -0.2) is 4.98 Å². The average Bonchev–Trinajstić information content (AvgIpc) is 2.22. The first-order valence-corrected chi connectivity index (χ1v) is 5.76. The number of halogens is 1. The highest BCUT2D eigenvalue weighted by atomic mass is 35.5. The number of rotatable bonds is 5. The summed E-state index contributed by atoms with van der Waals surface area (Å²) in [5.41, 5.74) is 0.925. The first-order chi connectivity index (χ1) is 7.11. The average molecular weight is 228 g/mol. The number of hydrogen-bond donors (Lipinski definition) is 1. The lowest BCUT2D eigenvalue weighted by Crippen LogP contribution is -2.35. The Morgan fingerprint density at radius 2 is 2.07 bits per heavy atom. The van der Waals surface area contributed by atoms with Crippen LogP contribution in [-0.2, 0) is 0 Å². The molecule has 0 aliphatic heterocycles. The van der Waals surface area contributed by atoms with Gasteiger partial charge in [-0.1, -0.05) is 6.92 Å². The van der Waals surface area contributed by atoms with Crippen LogP contribution < -0.4 is 5.32 Å². The molecule has 0 bridgehead atoms. The summed E-state index contributed by atoms with van der Waals surface area (Å²) in [6, 6.07) is 0. The van der Waals surface area contributed by atoms with Gasteiger partial charge in [0.05, 0.1) is 5.69 Å². The van der Waals surface area contributed by atoms with E-state index in [4.69, 9.17) is 11.6 Å². The van der Waals surface area contributed by atoms with Gasteiger partial charge in [0.25, 0.3) is 0 Å². The van der Waals surface area contributed by atoms with Gasteiger partial charge < -0.3 is 5.32 Å². The molecule has 1 N–H and O–H groups in total. The van der Waals surface area contributed by atoms with Gasteiger partial charge >= 0.3 is 0 Å². The van der Waals surface area contributed by atoms with Crippen LogP contribution in [0.25, 0.3) is 0 Å². The summed E-state index contributed by atoms with van der Waals surface area (Å²) in [6.07, 6.45) is 5.33. The molecule has 0 radical (unpaired) electrons. The van der Waals surface area contributed by atoms with Gasteiger partial charge in [-0.2, -0.15) is 0 Å². The Bertz CT molecular complexity index is 316. The Kier molecular flexibility index (Phi) is 4.33. The standard InChI is InChI=1S/C11H18ClN3/c1-4-11(3,5-6-12)15-10-9(2)13-7-8-14-10/h7-8H,4-6H2,1-3H3,(H,14,15). The molecule has 1 rings (SSSR count). The molecule has 1 heterocycles. The molecule has 1 unspecified atom stereocenters. The lowest BCUT2D eigenvalue weighted by molar-refractivity contribution is 0.478. The third-order valence-electron chi connectivity index (χ3n) is 2.73. The Hall–Kier alpha value is -0.830. The van der Waals surface area contributed by atoms with Crippen LogP contribution in [0.4, 0.5) is 5.82 Å². The van der Waals surface area contributed by atoms with Gasteiger partial charge in [0.2, 0.25) is 0 Å². The topological polar surface area (TPSA) is 37.8 Å². The Labute approximate surface area is 96.3 Å². The molecule has 0 spiro atoms. The third kappa shape index (κ3) is 3.34. The van der Waals surface area contributed by atoms with Crippen molar-refractivity contribution in [1.29, 1.82) is 0 Å². The van der Waals surface area contributed by atoms with E-state index in [2.05, 4.69) is 29.1 Å². The molecule has 1 aromatic rings. The van der Waals surface area contributed by atoms with E-state index < -0.39 is 0 Å². The number of aryl methyl sites for hydroxylation is 1. The Morgan fingerprint density at radius 1 is 1.40 bits per heavy atom. The molecule has 1 aromatic heterocycles. The number of hydrogen-bond acceptors (Lipinski definition) is 3. The van der Waals surface area contributed by atoms with Crippen LogP contribution in [-0.4, -0.2) is 21.4 Å². The monoisotopic (exact) mass is 227 g/mol. The smallest absolute Gasteiger partial charge is 0.147 e. The normalized spacial score (nSPS) is 14.7. The molecule has 0 fully saturated rings. The van der Waals surface area contributed by atoms with Crippen LogP contribution in [0.15, 0.2) is 12.4 Å². The van der Waals surface area contributed by atoms with Crippen LogP contribution in [0.3, 0.4) is 0 Å². The molecule has 3 nitrogen and oxygen atoms in total. The van der Waals surface area contributed by atoms with Gasteiger partial charge in [-0.3, -0.25) is 4.98 Å². The van der Waals surface area contributed by atoms with Crippen molar-refractivity contribution in [2.45, 2.75) is 39.2 Å². The zero-order valence-electron chi connectivity index (χ0n) is 9.55. The van der Waals surface area contributed by atoms with Gasteiger partial charge in [-0.15, -0.1) is 11.6 Å². The van der Waals surface area contributed by atoms with E-state index in [1.165, 1.54) is 0 Å². The minimum atomic E-state index is 0.00252. The fourth-order valence-corrected chi connectivity index (χ4v) is 1.77. The van der Waals surface area contributed by atoms with Crippen LogP contribution >= 0.6 is 11.6 Å². The number of nitrogens with one attached hydrogen (secondary N) is 1. The van der Waals surface area contributed by atoms with Crippen LogP contribution in [0.2, 0.25) is 0 Å². The second-order valence-electron chi connectivity index (χ2n) is 3.97. The summed E-state index contributed by atoms with van der Waals surface area (Å²) >= 11 is 5.79. The maximum atomic E-state index is 5.79. The second kappa shape index (κ2) is 5.31. The van der Waals surface area contributed by atoms with Crippen molar-refractivity contribution >= 4 is 17.4 Å². The zero-order valence-corrected chi connectivity index (χ0v) is 10.3. The molecule has 0 aliphatic carbocycles. The van der Waals surface area contributed by atoms with Gasteiger partial charge in [0, 0.05) is 23.8 Å². The largest absolute Gasteiger partial charge is 0.363 e. The molecule has 0 amide bonds. The van der Waals surface area contributed by atoms with E-state index in [9.17, 15) is 0 Å². The predicted octanol–water partition coefficient (Wildman–Crippen LogP) is 2.99. The van der Waals surface area contributed by atoms with Crippen LogP contribution in [0.1, 0.15) is 32.4 Å². The second-order valence-corrected chi connectivity index (χ2v) is 4.35. The van der Waals surface area contributed by atoms with Crippen LogP contribution in [0, 0.1) is 6.92 Å². The SMILES string of the molecule is CCC(C)(CCCl)Nc1nccnc1C. The van der Waals surface area contributed by atoms with E-state index >= 15 is 0 Å². The first kappa shape index (κ1) is 12.2. The predicted molar refractivity (Wildman–Crippen MR) is 64.4 cm³/mol. The molecule has 15 heavy (non-hydrogen) atoms. The fourth-order valence-electron chi connectivity index (χ4n) is 1.35. The number of aromatic nitrogens is 2. The van der Waals surface area contributed by atoms with E-state index in [0.29, 0.717) is 5.88 Å². The van der Waals surface area contributed by atoms with Crippen molar-refractivity contribution in [3.05, 3.63) is 18.1 Å². The van der Waals surface area contributed by atoms with Crippen molar-refractivity contribution in [1.82, 2.24) is 9.97 Å². The Balaban J connectivity index is 2.79. The highest BCUT2D eigenvalue weighted by Gasteiger charge is 2.22. The minimum absolute atomic E-state index is 0.00252. The lowest BCUT2D eigenvalue weighted by atomic mass is 9.95. The summed E-state index contributed by atoms with van der Waals surface area (Å²) in [5.74, 6) is 1.50. The van der Waals surface area contributed by atoms with Gasteiger partial charge in [0.1, 0.15) is 5.82 Å². The van der Waals surface area contributed by atoms with E-state index in [-0.39, 0.29) is 5.54 Å². The molecular weight excluding hydrogens is 210 g/mol. The highest BCUT2D eigenvalue weighted by Crippen LogP contribution is 2.22. The van der Waals surface area contributed by atoms with Crippen molar-refractivity contribution in [3.8, 4) is 0 Å². The quantitative estimate of drug-likeness (QED) is 0.786. The summed E-state index contributed by atoms with van der Waals surface area (Å²) in [6.45, 7) is 6.25. The van der Waals surface area contributed by atoms with Crippen molar-refractivity contribution in [2.75, 3.05) is 11.2 Å². The number of nitrogens with zero attached hydrogens (tertiary/aromatic N) is 2. The molecule has 84 valence electrons. The van der Waals surface area contributed by atoms with Crippen molar-refractivity contribution < 1.29 is 0 Å². The molecule has 0 aromatic carbocycles. The maximum absolute atomic E-state index is 5.79. The van der Waals surface area contributed by atoms with Crippen molar-refractivity contribution in [2.24, 2.45) is 0 Å². The first-order valence-electron chi connectivity index (χ1n) is 5.23. The fraction of sp³-hybridized carbons (Fsp3) is 0.636. The number of anilines is 1. The van der Waals surface area contributed by atoms with Crippen LogP contribution in [0.5, 0.6) is 0 Å². The van der Waals surface area contributed by atoms with E-state index in [1.807, 2.05) is 6.92 Å². The summed E-state index contributed by atoms with van der Waals surface area (Å²) in [5, 5.41) is 3.42. The van der Waals surface area contributed by atoms with Gasteiger partial charge in [-0.05, 0) is 26.7 Å². The summed E-state index contributed by atoms with van der Waals surface area (Å²) < 4.78 is 0. The molecule has 4 heteroatoms. The molecule has 0 saturated heterocycles. The maximum Gasteiger partial charge on any atom is 0.147 e. The summed E-state index contributed by atoms with van der Waals surface area (Å²) in [4.78, 5) is 8.48. The third-order valence-corrected chi connectivity index (χ3v) is 2.92. The molecule has 1 atom stereocenters. The van der Waals surface area contributed by atoms with Gasteiger partial charge in [0.15, 0.2) is 0 Å². The minimum Gasteiger partial charge on any atom is -0.363 e. The van der Waals surface area contributed by atoms with E-state index in [0.717, 1.165) is 24.4 Å². The summed E-state index contributed by atoms with van der Waals surface area (Å²) in [7, 11) is 0.